The summed E-state index contributed by atoms with van der Waals surface area (Å²) >= 11 is 0. The number of fused-ring (bicyclic) bond motifs is 1. The van der Waals surface area contributed by atoms with Crippen molar-refractivity contribution in [2.75, 3.05) is 0 Å². The predicted octanol–water partition coefficient (Wildman–Crippen LogP) is 2.72. The number of carboxylic acid groups (broad SMARTS) is 1. The normalized spacial score (nSPS) is 16.8. The molecule has 2 aromatic rings. The van der Waals surface area contributed by atoms with Gasteiger partial charge in [0.1, 0.15) is 18.1 Å². The molecule has 7 N–H and O–H groups in total. The van der Waals surface area contributed by atoms with Crippen molar-refractivity contribution >= 4 is 34.6 Å². The molecule has 0 saturated heterocycles. The second kappa shape index (κ2) is 14.7. The first kappa shape index (κ1) is 31.8. The summed E-state index contributed by atoms with van der Waals surface area (Å²) < 4.78 is 0. The average Bonchev–Trinajstić information content (AvgIpc) is 3.34. The third-order valence-electron chi connectivity index (χ3n) is 7.86. The number of H-pyrrole nitrogens is 1. The number of rotatable bonds is 15. The monoisotopic (exact) mass is 543 g/mol. The maximum atomic E-state index is 13.4. The largest absolute Gasteiger partial charge is 0.480 e. The smallest absolute Gasteiger partial charge is 0.326 e. The molecule has 1 aromatic heterocycles. The number of benzene rings is 1. The van der Waals surface area contributed by atoms with Crippen LogP contribution in [-0.2, 0) is 25.6 Å². The highest BCUT2D eigenvalue weighted by atomic mass is 16.4. The van der Waals surface area contributed by atoms with Crippen LogP contribution in [0.5, 0.6) is 0 Å². The maximum Gasteiger partial charge on any atom is 0.326 e. The highest BCUT2D eigenvalue weighted by Gasteiger charge is 2.35. The number of para-hydroxylation sites is 1. The van der Waals surface area contributed by atoms with Crippen LogP contribution in [0, 0.1) is 17.8 Å². The summed E-state index contributed by atoms with van der Waals surface area (Å²) in [5, 5.41) is 19.0. The van der Waals surface area contributed by atoms with Crippen molar-refractivity contribution in [3.63, 3.8) is 0 Å². The van der Waals surface area contributed by atoms with E-state index in [0.29, 0.717) is 19.3 Å². The van der Waals surface area contributed by atoms with Gasteiger partial charge in [0.15, 0.2) is 0 Å². The molecule has 0 radical (unpaired) electrons. The zero-order chi connectivity index (χ0) is 29.3. The Labute approximate surface area is 230 Å². The van der Waals surface area contributed by atoms with E-state index in [4.69, 9.17) is 5.73 Å². The van der Waals surface area contributed by atoms with E-state index in [2.05, 4.69) is 20.9 Å². The molecule has 0 aliphatic rings. The van der Waals surface area contributed by atoms with E-state index < -0.39 is 47.9 Å². The number of carbonyl (C=O) groups is 4. The van der Waals surface area contributed by atoms with Gasteiger partial charge in [-0.15, -0.1) is 0 Å². The topological polar surface area (TPSA) is 166 Å². The average molecular weight is 544 g/mol. The van der Waals surface area contributed by atoms with Crippen LogP contribution in [0.1, 0.15) is 66.4 Å². The molecular weight excluding hydrogens is 498 g/mol. The van der Waals surface area contributed by atoms with Crippen molar-refractivity contribution in [2.24, 2.45) is 23.5 Å². The van der Waals surface area contributed by atoms with Gasteiger partial charge in [-0.25, -0.2) is 4.79 Å². The van der Waals surface area contributed by atoms with Crippen LogP contribution in [0.4, 0.5) is 0 Å². The lowest BCUT2D eigenvalue weighted by Gasteiger charge is -2.30. The van der Waals surface area contributed by atoms with Gasteiger partial charge in [0, 0.05) is 23.5 Å². The number of hydrogen-bond acceptors (Lipinski definition) is 5. The number of nitrogens with two attached hydrogens (primary N) is 1. The highest BCUT2D eigenvalue weighted by molar-refractivity contribution is 5.94. The molecule has 7 atom stereocenters. The summed E-state index contributed by atoms with van der Waals surface area (Å²) in [6.07, 6.45) is 3.71. The lowest BCUT2D eigenvalue weighted by molar-refractivity contribution is -0.142. The second-order valence-electron chi connectivity index (χ2n) is 10.6. The molecule has 0 saturated carbocycles. The molecule has 0 aliphatic carbocycles. The summed E-state index contributed by atoms with van der Waals surface area (Å²) in [5.74, 6) is -3.24. The van der Waals surface area contributed by atoms with Crippen molar-refractivity contribution in [1.29, 1.82) is 0 Å². The minimum atomic E-state index is -1.20. The van der Waals surface area contributed by atoms with Gasteiger partial charge < -0.3 is 31.8 Å². The number of nitrogens with one attached hydrogen (secondary N) is 4. The fourth-order valence-corrected chi connectivity index (χ4v) is 4.39. The minimum Gasteiger partial charge on any atom is -0.480 e. The standard InChI is InChI=1S/C29H45N5O5/c1-7-16(4)23(30)26(35)33-25(18(6)9-3)28(37)34-24(17(5)8-2)27(36)32-22(29(38)39)14-19-15-31-21-13-11-10-12-20(19)21/h10-13,15-18,22-25,31H,7-9,14,30H2,1-6H3,(H,32,36)(H,33,35)(H,34,37)(H,38,39). The Morgan fingerprint density at radius 3 is 1.87 bits per heavy atom. The van der Waals surface area contributed by atoms with E-state index in [1.54, 1.807) is 6.20 Å². The molecule has 7 unspecified atom stereocenters. The number of carboxylic acids is 1. The third-order valence-corrected chi connectivity index (χ3v) is 7.86. The summed E-state index contributed by atoms with van der Waals surface area (Å²) in [6, 6.07) is 3.70. The number of aromatic nitrogens is 1. The van der Waals surface area contributed by atoms with Crippen molar-refractivity contribution in [2.45, 2.75) is 91.4 Å². The second-order valence-corrected chi connectivity index (χ2v) is 10.6. The summed E-state index contributed by atoms with van der Waals surface area (Å²) in [7, 11) is 0. The summed E-state index contributed by atoms with van der Waals surface area (Å²) in [5.41, 5.74) is 7.73. The van der Waals surface area contributed by atoms with Crippen LogP contribution in [0.2, 0.25) is 0 Å². The molecule has 1 aromatic carbocycles. The fourth-order valence-electron chi connectivity index (χ4n) is 4.39. The zero-order valence-corrected chi connectivity index (χ0v) is 23.9. The van der Waals surface area contributed by atoms with Crippen molar-refractivity contribution in [3.8, 4) is 0 Å². The first-order valence-electron chi connectivity index (χ1n) is 13.9. The first-order chi connectivity index (χ1) is 18.4. The molecule has 0 spiro atoms. The van der Waals surface area contributed by atoms with Gasteiger partial charge in [0.25, 0.3) is 0 Å². The Hall–Kier alpha value is -3.40. The van der Waals surface area contributed by atoms with Gasteiger partial charge in [0.2, 0.25) is 17.7 Å². The van der Waals surface area contributed by atoms with Crippen LogP contribution in [-0.4, -0.2) is 57.9 Å². The van der Waals surface area contributed by atoms with Gasteiger partial charge in [0.05, 0.1) is 6.04 Å². The quantitative estimate of drug-likeness (QED) is 0.202. The summed E-state index contributed by atoms with van der Waals surface area (Å²) in [6.45, 7) is 11.3. The number of aliphatic carboxylic acids is 1. The Kier molecular flexibility index (Phi) is 12.0. The molecular formula is C29H45N5O5. The van der Waals surface area contributed by atoms with Gasteiger partial charge in [-0.2, -0.15) is 0 Å². The Morgan fingerprint density at radius 1 is 0.821 bits per heavy atom. The molecule has 0 aliphatic heterocycles. The number of amides is 3. The van der Waals surface area contributed by atoms with Gasteiger partial charge in [-0.05, 0) is 29.4 Å². The van der Waals surface area contributed by atoms with Crippen LogP contribution >= 0.6 is 0 Å². The van der Waals surface area contributed by atoms with E-state index in [1.165, 1.54) is 0 Å². The Morgan fingerprint density at radius 2 is 1.33 bits per heavy atom. The predicted molar refractivity (Wildman–Crippen MR) is 152 cm³/mol. The molecule has 39 heavy (non-hydrogen) atoms. The maximum absolute atomic E-state index is 13.4. The van der Waals surface area contributed by atoms with E-state index in [1.807, 2.05) is 65.8 Å². The van der Waals surface area contributed by atoms with E-state index >= 15 is 0 Å². The molecule has 2 rings (SSSR count). The van der Waals surface area contributed by atoms with Gasteiger partial charge in [-0.1, -0.05) is 79.0 Å². The molecule has 216 valence electrons. The van der Waals surface area contributed by atoms with Crippen molar-refractivity contribution in [1.82, 2.24) is 20.9 Å². The van der Waals surface area contributed by atoms with Crippen LogP contribution in [0.3, 0.4) is 0 Å². The van der Waals surface area contributed by atoms with Gasteiger partial charge >= 0.3 is 5.97 Å². The van der Waals surface area contributed by atoms with Crippen LogP contribution in [0.25, 0.3) is 10.9 Å². The lowest BCUT2D eigenvalue weighted by atomic mass is 9.93. The van der Waals surface area contributed by atoms with E-state index in [0.717, 1.165) is 16.5 Å². The molecule has 0 fully saturated rings. The highest BCUT2D eigenvalue weighted by Crippen LogP contribution is 2.20. The fraction of sp³-hybridized carbons (Fsp3) is 0.586. The molecule has 0 bridgehead atoms. The summed E-state index contributed by atoms with van der Waals surface area (Å²) in [4.78, 5) is 54.9. The number of carbonyl (C=O) groups excluding carboxylic acids is 3. The number of aromatic amines is 1. The van der Waals surface area contributed by atoms with Gasteiger partial charge in [-0.3, -0.25) is 14.4 Å². The lowest BCUT2D eigenvalue weighted by Crippen LogP contribution is -2.60. The Bertz CT molecular complexity index is 1130. The molecule has 3 amide bonds. The van der Waals surface area contributed by atoms with Crippen molar-refractivity contribution in [3.05, 3.63) is 36.0 Å². The minimum absolute atomic E-state index is 0.0608. The SMILES string of the molecule is CCC(C)C(N)C(=O)NC(C(=O)NC(C(=O)NC(Cc1c[nH]c2ccccc12)C(=O)O)C(C)CC)C(C)CC. The Balaban J connectivity index is 2.22. The zero-order valence-electron chi connectivity index (χ0n) is 23.9. The van der Waals surface area contributed by atoms with Crippen LogP contribution in [0.15, 0.2) is 30.5 Å². The van der Waals surface area contributed by atoms with Crippen LogP contribution < -0.4 is 21.7 Å². The first-order valence-corrected chi connectivity index (χ1v) is 13.9. The van der Waals surface area contributed by atoms with E-state index in [9.17, 15) is 24.3 Å². The third kappa shape index (κ3) is 8.29. The van der Waals surface area contributed by atoms with Crippen molar-refractivity contribution < 1.29 is 24.3 Å². The molecule has 10 nitrogen and oxygen atoms in total. The molecule has 10 heteroatoms. The van der Waals surface area contributed by atoms with E-state index in [-0.39, 0.29) is 24.2 Å². The number of hydrogen-bond donors (Lipinski definition) is 6. The molecule has 1 heterocycles.